The average molecular weight is 62.1 g/mol. The van der Waals surface area contributed by atoms with Crippen LogP contribution in [-0.2, 0) is 9.78 Å². The molecule has 0 aromatic carbocycles. The molecule has 2 heteroatoms. The molecule has 4 heavy (non-hydrogen) atoms. The van der Waals surface area contributed by atoms with Gasteiger partial charge in [-0.3, -0.25) is 0 Å². The van der Waals surface area contributed by atoms with Gasteiger partial charge in [-0.15, -0.1) is 0 Å². The van der Waals surface area contributed by atoms with E-state index in [0.717, 1.165) is 0 Å². The van der Waals surface area contributed by atoms with Crippen LogP contribution in [0.5, 0.6) is 0 Å². The highest BCUT2D eigenvalue weighted by atomic mass is 17.2. The van der Waals surface area contributed by atoms with Gasteiger partial charge in [-0.1, -0.05) is 0 Å². The van der Waals surface area contributed by atoms with E-state index in [-0.39, 0.29) is 0 Å². The zero-order valence-corrected chi connectivity index (χ0v) is 2.82. The molecule has 0 fully saturated rings. The third-order valence-corrected chi connectivity index (χ3v) is 0.167. The fourth-order valence-corrected chi connectivity index (χ4v) is 0. The normalized spacial score (nSPS) is 7.50. The molecule has 26 valence electrons. The Kier molecular flexibility index (Phi) is 2.86. The highest BCUT2D eigenvalue weighted by Gasteiger charge is 1.47. The Morgan fingerprint density at radius 2 is 1.25 bits per heavy atom. The third-order valence-electron chi connectivity index (χ3n) is 0.167. The Balaban J connectivity index is 1.97. The SMILES string of the molecule is COOC. The highest BCUT2D eigenvalue weighted by Crippen LogP contribution is 1.52. The van der Waals surface area contributed by atoms with E-state index in [1.165, 1.54) is 14.2 Å². The second-order valence-corrected chi connectivity index (χ2v) is 0.333. The molecule has 0 aliphatic heterocycles. The van der Waals surface area contributed by atoms with E-state index in [9.17, 15) is 0 Å². The van der Waals surface area contributed by atoms with Crippen LogP contribution in [-0.4, -0.2) is 14.2 Å². The standard InChI is InChI=1S/C2H6O2/c1-3-4-2/h1-2H3. The molecule has 0 unspecified atom stereocenters. The van der Waals surface area contributed by atoms with Crippen molar-refractivity contribution in [2.24, 2.45) is 0 Å². The van der Waals surface area contributed by atoms with Crippen LogP contribution in [0.25, 0.3) is 0 Å². The number of rotatable bonds is 1. The van der Waals surface area contributed by atoms with Crippen molar-refractivity contribution in [3.05, 3.63) is 0 Å². The van der Waals surface area contributed by atoms with Gasteiger partial charge >= 0.3 is 0 Å². The van der Waals surface area contributed by atoms with Gasteiger partial charge in [0.25, 0.3) is 0 Å². The molecule has 0 N–H and O–H groups in total. The first-order chi connectivity index (χ1) is 1.91. The first-order valence-corrected chi connectivity index (χ1v) is 0.983. The second-order valence-electron chi connectivity index (χ2n) is 0.333. The zero-order valence-electron chi connectivity index (χ0n) is 2.82. The molecule has 0 spiro atoms. The zero-order chi connectivity index (χ0) is 3.41. The Morgan fingerprint density at radius 1 is 1.00 bits per heavy atom. The van der Waals surface area contributed by atoms with Crippen molar-refractivity contribution in [1.29, 1.82) is 0 Å². The van der Waals surface area contributed by atoms with Crippen molar-refractivity contribution in [2.45, 2.75) is 0 Å². The topological polar surface area (TPSA) is 18.5 Å². The molecule has 0 bridgehead atoms. The molecule has 0 radical (unpaired) electrons. The van der Waals surface area contributed by atoms with Gasteiger partial charge in [0.15, 0.2) is 0 Å². The molecule has 0 amide bonds. The van der Waals surface area contributed by atoms with Gasteiger partial charge < -0.3 is 0 Å². The van der Waals surface area contributed by atoms with E-state index >= 15 is 0 Å². The van der Waals surface area contributed by atoms with Crippen LogP contribution in [0, 0.1) is 0 Å². The first-order valence-electron chi connectivity index (χ1n) is 0.983. The minimum atomic E-state index is 1.46. The molecule has 0 rings (SSSR count). The van der Waals surface area contributed by atoms with Crippen molar-refractivity contribution in [3.8, 4) is 0 Å². The summed E-state index contributed by atoms with van der Waals surface area (Å²) in [5.41, 5.74) is 0. The highest BCUT2D eigenvalue weighted by molar-refractivity contribution is 3.47. The van der Waals surface area contributed by atoms with Crippen molar-refractivity contribution in [1.82, 2.24) is 0 Å². The third kappa shape index (κ3) is 1.92. The van der Waals surface area contributed by atoms with Crippen LogP contribution >= 0.6 is 0 Å². The summed E-state index contributed by atoms with van der Waals surface area (Å²) >= 11 is 0. The van der Waals surface area contributed by atoms with E-state index in [4.69, 9.17) is 0 Å². The lowest BCUT2D eigenvalue weighted by atomic mass is 11.7. The van der Waals surface area contributed by atoms with Gasteiger partial charge in [0.05, 0.1) is 14.2 Å². The second kappa shape index (κ2) is 2.92. The first kappa shape index (κ1) is 3.92. The Hall–Kier alpha value is -0.0800. The fourth-order valence-electron chi connectivity index (χ4n) is 0. The molecular weight excluding hydrogens is 56.0 g/mol. The van der Waals surface area contributed by atoms with E-state index in [0.29, 0.717) is 0 Å². The maximum atomic E-state index is 4.04. The summed E-state index contributed by atoms with van der Waals surface area (Å²) in [6.45, 7) is 0. The predicted octanol–water partition coefficient (Wildman–Crippen LogP) is 0.194. The Morgan fingerprint density at radius 3 is 1.25 bits per heavy atom. The fraction of sp³-hybridized carbons (Fsp3) is 1.00. The molecule has 0 heterocycles. The lowest BCUT2D eigenvalue weighted by molar-refractivity contribution is -0.248. The molecule has 0 aromatic rings. The smallest absolute Gasteiger partial charge is 0.0712 e. The van der Waals surface area contributed by atoms with E-state index < -0.39 is 0 Å². The summed E-state index contributed by atoms with van der Waals surface area (Å²) in [6, 6.07) is 0. The monoisotopic (exact) mass is 62.0 g/mol. The van der Waals surface area contributed by atoms with Gasteiger partial charge in [0, 0.05) is 0 Å². The van der Waals surface area contributed by atoms with E-state index in [1.807, 2.05) is 0 Å². The molecule has 2 nitrogen and oxygen atoms in total. The molecule has 0 saturated heterocycles. The van der Waals surface area contributed by atoms with Crippen LogP contribution in [0.2, 0.25) is 0 Å². The van der Waals surface area contributed by atoms with E-state index in [2.05, 4.69) is 9.78 Å². The van der Waals surface area contributed by atoms with Crippen molar-refractivity contribution >= 4 is 0 Å². The molecule has 0 aromatic heterocycles. The predicted molar refractivity (Wildman–Crippen MR) is 14.0 cm³/mol. The summed E-state index contributed by atoms with van der Waals surface area (Å²) in [5, 5.41) is 0. The Bertz CT molecular complexity index is 6.00. The summed E-state index contributed by atoms with van der Waals surface area (Å²) in [5.74, 6) is 0. The quantitative estimate of drug-likeness (QED) is 0.319. The lowest BCUT2D eigenvalue weighted by Gasteiger charge is -1.78. The van der Waals surface area contributed by atoms with Crippen LogP contribution in [0.4, 0.5) is 0 Å². The number of hydrogen-bond acceptors (Lipinski definition) is 2. The van der Waals surface area contributed by atoms with Gasteiger partial charge in [0.2, 0.25) is 0 Å². The molecule has 0 aliphatic carbocycles. The molecular formula is C2H6O2. The summed E-state index contributed by atoms with van der Waals surface area (Å²) in [4.78, 5) is 8.08. The molecule has 0 aliphatic rings. The largest absolute Gasteiger partial charge is 0.240 e. The van der Waals surface area contributed by atoms with Gasteiger partial charge in [-0.2, -0.15) is 0 Å². The number of hydrogen-bond donors (Lipinski definition) is 0. The molecule has 0 atom stereocenters. The molecule has 0 saturated carbocycles. The van der Waals surface area contributed by atoms with Crippen molar-refractivity contribution < 1.29 is 9.78 Å². The average Bonchev–Trinajstić information content (AvgIpc) is 1.37. The lowest BCUT2D eigenvalue weighted by Crippen LogP contribution is -1.72. The van der Waals surface area contributed by atoms with Crippen molar-refractivity contribution in [2.75, 3.05) is 14.2 Å². The van der Waals surface area contributed by atoms with Crippen LogP contribution in [0.15, 0.2) is 0 Å². The van der Waals surface area contributed by atoms with Gasteiger partial charge in [-0.25, -0.2) is 9.78 Å². The van der Waals surface area contributed by atoms with Gasteiger partial charge in [0.1, 0.15) is 0 Å². The minimum Gasteiger partial charge on any atom is -0.240 e. The van der Waals surface area contributed by atoms with E-state index in [1.54, 1.807) is 0 Å². The van der Waals surface area contributed by atoms with Crippen LogP contribution in [0.1, 0.15) is 0 Å². The summed E-state index contributed by atoms with van der Waals surface area (Å²) < 4.78 is 0. The van der Waals surface area contributed by atoms with Gasteiger partial charge in [-0.05, 0) is 0 Å². The summed E-state index contributed by atoms with van der Waals surface area (Å²) in [7, 11) is 2.92. The minimum absolute atomic E-state index is 1.46. The van der Waals surface area contributed by atoms with Crippen LogP contribution in [0.3, 0.4) is 0 Å². The van der Waals surface area contributed by atoms with Crippen LogP contribution < -0.4 is 0 Å². The maximum absolute atomic E-state index is 4.04. The maximum Gasteiger partial charge on any atom is 0.0712 e. The van der Waals surface area contributed by atoms with Crippen molar-refractivity contribution in [3.63, 3.8) is 0 Å². The summed E-state index contributed by atoms with van der Waals surface area (Å²) in [6.07, 6.45) is 0. The Labute approximate surface area is 25.3 Å².